The van der Waals surface area contributed by atoms with E-state index >= 15 is 0 Å². The fourth-order valence-corrected chi connectivity index (χ4v) is 4.15. The number of methoxy groups -OCH3 is 1. The highest BCUT2D eigenvalue weighted by Crippen LogP contribution is 2.25. The van der Waals surface area contributed by atoms with E-state index in [1.165, 1.54) is 0 Å². The van der Waals surface area contributed by atoms with Crippen molar-refractivity contribution in [1.29, 1.82) is 0 Å². The molecule has 1 aliphatic rings. The molecule has 1 aliphatic heterocycles. The highest BCUT2D eigenvalue weighted by Gasteiger charge is 2.35. The average Bonchev–Trinajstić information content (AvgIpc) is 2.53. The minimum absolute atomic E-state index is 0.142. The van der Waals surface area contributed by atoms with E-state index in [1.54, 1.807) is 12.0 Å². The number of amides is 1. The van der Waals surface area contributed by atoms with E-state index in [-0.39, 0.29) is 30.1 Å². The van der Waals surface area contributed by atoms with Crippen molar-refractivity contribution in [2.24, 2.45) is 5.92 Å². The number of nitrogens with zero attached hydrogens (tertiary/aromatic N) is 2. The summed E-state index contributed by atoms with van der Waals surface area (Å²) in [5.74, 6) is 1.16. The molecule has 1 aromatic carbocycles. The molecule has 0 saturated carbocycles. The zero-order chi connectivity index (χ0) is 19.4. The van der Waals surface area contributed by atoms with E-state index < -0.39 is 0 Å². The molecule has 1 heterocycles. The van der Waals surface area contributed by atoms with Crippen LogP contribution in [0.4, 0.5) is 0 Å². The Morgan fingerprint density at radius 2 is 1.96 bits per heavy atom. The summed E-state index contributed by atoms with van der Waals surface area (Å²) in [5, 5.41) is 0. The number of rotatable bonds is 6. The third-order valence-electron chi connectivity index (χ3n) is 4.75. The lowest BCUT2D eigenvalue weighted by molar-refractivity contribution is -0.144. The predicted octanol–water partition coefficient (Wildman–Crippen LogP) is 3.55. The van der Waals surface area contributed by atoms with Gasteiger partial charge in [0.2, 0.25) is 5.91 Å². The smallest absolute Gasteiger partial charge is 0.240 e. The molecule has 1 fully saturated rings. The summed E-state index contributed by atoms with van der Waals surface area (Å²) in [6.07, 6.45) is 0.284. The first-order valence-electron chi connectivity index (χ1n) is 9.19. The lowest BCUT2D eigenvalue weighted by Crippen LogP contribution is -2.57. The van der Waals surface area contributed by atoms with Crippen LogP contribution >= 0.6 is 15.9 Å². The van der Waals surface area contributed by atoms with Gasteiger partial charge in [-0.3, -0.25) is 9.69 Å². The second-order valence-corrected chi connectivity index (χ2v) is 8.47. The van der Waals surface area contributed by atoms with Gasteiger partial charge < -0.3 is 14.4 Å². The molecule has 2 rings (SSSR count). The molecular weight excluding hydrogens is 396 g/mol. The summed E-state index contributed by atoms with van der Waals surface area (Å²) in [5.41, 5.74) is 0.990. The molecular formula is C20H31BrN2O3. The molecule has 26 heavy (non-hydrogen) atoms. The molecule has 0 unspecified atom stereocenters. The van der Waals surface area contributed by atoms with Crippen LogP contribution in [0.5, 0.6) is 5.75 Å². The second-order valence-electron chi connectivity index (χ2n) is 7.55. The van der Waals surface area contributed by atoms with Gasteiger partial charge in [0.25, 0.3) is 0 Å². The number of halogens is 1. The molecule has 0 aromatic heterocycles. The van der Waals surface area contributed by atoms with Gasteiger partial charge in [-0.05, 0) is 38.0 Å². The fraction of sp³-hybridized carbons (Fsp3) is 0.650. The van der Waals surface area contributed by atoms with E-state index in [0.717, 1.165) is 28.9 Å². The Balaban J connectivity index is 2.17. The minimum Gasteiger partial charge on any atom is -0.496 e. The number of benzene rings is 1. The standard InChI is InChI=1S/C20H31BrN2O3/c1-13(2)19(23-10-14(3)26-15(4)11-23)20(24)22(5)12-16-9-17(21)7-8-18(16)25-6/h7-9,13-15,19H,10-12H2,1-6H3/t14-,15-,19+/m1/s1. The number of hydrogen-bond acceptors (Lipinski definition) is 4. The quantitative estimate of drug-likeness (QED) is 0.697. The molecule has 0 aliphatic carbocycles. The lowest BCUT2D eigenvalue weighted by Gasteiger charge is -2.42. The molecule has 146 valence electrons. The van der Waals surface area contributed by atoms with Gasteiger partial charge >= 0.3 is 0 Å². The van der Waals surface area contributed by atoms with Crippen LogP contribution in [0, 0.1) is 5.92 Å². The predicted molar refractivity (Wildman–Crippen MR) is 107 cm³/mol. The van der Waals surface area contributed by atoms with E-state index in [1.807, 2.05) is 25.2 Å². The largest absolute Gasteiger partial charge is 0.496 e. The van der Waals surface area contributed by atoms with Crippen molar-refractivity contribution >= 4 is 21.8 Å². The Bertz CT molecular complexity index is 613. The molecule has 1 saturated heterocycles. The van der Waals surface area contributed by atoms with Crippen LogP contribution in [0.2, 0.25) is 0 Å². The van der Waals surface area contributed by atoms with E-state index in [4.69, 9.17) is 9.47 Å². The lowest BCUT2D eigenvalue weighted by atomic mass is 9.99. The fourth-order valence-electron chi connectivity index (χ4n) is 3.74. The summed E-state index contributed by atoms with van der Waals surface area (Å²) in [4.78, 5) is 17.4. The molecule has 1 amide bonds. The van der Waals surface area contributed by atoms with Crippen molar-refractivity contribution in [3.63, 3.8) is 0 Å². The first-order chi connectivity index (χ1) is 12.2. The summed E-state index contributed by atoms with van der Waals surface area (Å²) in [7, 11) is 3.52. The maximum Gasteiger partial charge on any atom is 0.240 e. The molecule has 0 N–H and O–H groups in total. The van der Waals surface area contributed by atoms with Gasteiger partial charge in [0, 0.05) is 36.7 Å². The van der Waals surface area contributed by atoms with Gasteiger partial charge in [-0.1, -0.05) is 29.8 Å². The van der Waals surface area contributed by atoms with Gasteiger partial charge in [-0.2, -0.15) is 0 Å². The maximum atomic E-state index is 13.3. The minimum atomic E-state index is -0.146. The number of carbonyl (C=O) groups is 1. The Morgan fingerprint density at radius 1 is 1.35 bits per heavy atom. The highest BCUT2D eigenvalue weighted by atomic mass is 79.9. The van der Waals surface area contributed by atoms with Crippen molar-refractivity contribution < 1.29 is 14.3 Å². The van der Waals surface area contributed by atoms with Crippen LogP contribution in [0.15, 0.2) is 22.7 Å². The normalized spacial score (nSPS) is 22.3. The van der Waals surface area contributed by atoms with Crippen molar-refractivity contribution in [1.82, 2.24) is 9.80 Å². The Morgan fingerprint density at radius 3 is 2.50 bits per heavy atom. The molecule has 0 spiro atoms. The Labute approximate surface area is 165 Å². The van der Waals surface area contributed by atoms with Crippen LogP contribution in [0.1, 0.15) is 33.3 Å². The third kappa shape index (κ3) is 5.21. The van der Waals surface area contributed by atoms with Crippen LogP contribution in [-0.2, 0) is 16.1 Å². The van der Waals surface area contributed by atoms with Crippen molar-refractivity contribution in [2.45, 2.75) is 52.5 Å². The SMILES string of the molecule is COc1ccc(Br)cc1CN(C)C(=O)[C@H](C(C)C)N1C[C@@H](C)O[C@H](C)C1. The second kappa shape index (κ2) is 9.20. The van der Waals surface area contributed by atoms with Gasteiger partial charge in [0.1, 0.15) is 5.75 Å². The summed E-state index contributed by atoms with van der Waals surface area (Å²) in [6, 6.07) is 5.72. The molecule has 0 bridgehead atoms. The van der Waals surface area contributed by atoms with Crippen molar-refractivity contribution in [2.75, 3.05) is 27.2 Å². The Kier molecular flexibility index (Phi) is 7.50. The molecule has 0 radical (unpaired) electrons. The monoisotopic (exact) mass is 426 g/mol. The van der Waals surface area contributed by atoms with Gasteiger partial charge in [0.15, 0.2) is 0 Å². The van der Waals surface area contributed by atoms with Crippen LogP contribution < -0.4 is 4.74 Å². The zero-order valence-electron chi connectivity index (χ0n) is 16.7. The van der Waals surface area contributed by atoms with Crippen molar-refractivity contribution in [3.8, 4) is 5.75 Å². The summed E-state index contributed by atoms with van der Waals surface area (Å²) < 4.78 is 12.3. The van der Waals surface area contributed by atoms with Gasteiger partial charge in [0.05, 0.1) is 25.4 Å². The highest BCUT2D eigenvalue weighted by molar-refractivity contribution is 9.10. The number of hydrogen-bond donors (Lipinski definition) is 0. The number of carbonyl (C=O) groups excluding carboxylic acids is 1. The topological polar surface area (TPSA) is 42.0 Å². The van der Waals surface area contributed by atoms with E-state index in [2.05, 4.69) is 48.5 Å². The van der Waals surface area contributed by atoms with Crippen molar-refractivity contribution in [3.05, 3.63) is 28.2 Å². The van der Waals surface area contributed by atoms with E-state index in [9.17, 15) is 4.79 Å². The zero-order valence-corrected chi connectivity index (χ0v) is 18.2. The molecule has 5 nitrogen and oxygen atoms in total. The summed E-state index contributed by atoms with van der Waals surface area (Å²) >= 11 is 3.50. The van der Waals surface area contributed by atoms with Crippen LogP contribution in [0.25, 0.3) is 0 Å². The number of likely N-dealkylation sites (N-methyl/N-ethyl adjacent to an activating group) is 1. The molecule has 3 atom stereocenters. The van der Waals surface area contributed by atoms with Gasteiger partial charge in [-0.25, -0.2) is 0 Å². The molecule has 1 aromatic rings. The number of morpholine rings is 1. The average molecular weight is 427 g/mol. The number of ether oxygens (including phenoxy) is 2. The first-order valence-corrected chi connectivity index (χ1v) is 9.99. The van der Waals surface area contributed by atoms with Gasteiger partial charge in [-0.15, -0.1) is 0 Å². The van der Waals surface area contributed by atoms with E-state index in [0.29, 0.717) is 6.54 Å². The summed E-state index contributed by atoms with van der Waals surface area (Å²) in [6.45, 7) is 10.4. The van der Waals surface area contributed by atoms with Crippen LogP contribution in [-0.4, -0.2) is 61.2 Å². The third-order valence-corrected chi connectivity index (χ3v) is 5.25. The first kappa shape index (κ1) is 21.2. The Hall–Kier alpha value is -1.11. The maximum absolute atomic E-state index is 13.3. The van der Waals surface area contributed by atoms with Crippen LogP contribution in [0.3, 0.4) is 0 Å². The molecule has 6 heteroatoms.